The minimum Gasteiger partial charge on any atom is -0.422 e. The van der Waals surface area contributed by atoms with Crippen molar-refractivity contribution in [2.75, 3.05) is 0 Å². The summed E-state index contributed by atoms with van der Waals surface area (Å²) >= 11 is 0. The molecule has 216 valence electrons. The van der Waals surface area contributed by atoms with E-state index in [9.17, 15) is 4.79 Å². The smallest absolute Gasteiger partial charge is 0.344 e. The Morgan fingerprint density at radius 2 is 1.04 bits per heavy atom. The molecule has 0 fully saturated rings. The zero-order chi connectivity index (χ0) is 30.6. The summed E-state index contributed by atoms with van der Waals surface area (Å²) in [6, 6.07) is 56.3. The summed E-state index contributed by atoms with van der Waals surface area (Å²) in [5.41, 5.74) is 9.54. The quantitative estimate of drug-likeness (QED) is 0.151. The Labute approximate surface area is 265 Å². The molecule has 3 nitrogen and oxygen atoms in total. The predicted molar refractivity (Wildman–Crippen MR) is 191 cm³/mol. The summed E-state index contributed by atoms with van der Waals surface area (Å²) in [5, 5.41) is 4.71. The highest BCUT2D eigenvalue weighted by Crippen LogP contribution is 2.40. The molecule has 0 atom stereocenters. The van der Waals surface area contributed by atoms with E-state index < -0.39 is 0 Å². The van der Waals surface area contributed by atoms with Crippen LogP contribution in [-0.2, 0) is 0 Å². The van der Waals surface area contributed by atoms with Crippen LogP contribution in [0.3, 0.4) is 0 Å². The summed E-state index contributed by atoms with van der Waals surface area (Å²) in [6.07, 6.45) is 0. The van der Waals surface area contributed by atoms with Gasteiger partial charge in [-0.1, -0.05) is 121 Å². The first-order valence-electron chi connectivity index (χ1n) is 15.5. The number of aromatic nitrogens is 1. The molecule has 0 amide bonds. The van der Waals surface area contributed by atoms with E-state index >= 15 is 0 Å². The molecule has 0 radical (unpaired) electrons. The molecule has 0 saturated carbocycles. The number of hydrogen-bond acceptors (Lipinski definition) is 2. The molecule has 2 heterocycles. The van der Waals surface area contributed by atoms with Gasteiger partial charge in [0.2, 0.25) is 0 Å². The van der Waals surface area contributed by atoms with Crippen LogP contribution in [0.4, 0.5) is 0 Å². The third kappa shape index (κ3) is 4.10. The van der Waals surface area contributed by atoms with Crippen molar-refractivity contribution in [3.05, 3.63) is 174 Å². The normalized spacial score (nSPS) is 11.6. The van der Waals surface area contributed by atoms with Crippen LogP contribution in [0.25, 0.3) is 82.6 Å². The van der Waals surface area contributed by atoms with Gasteiger partial charge < -0.3 is 8.98 Å². The lowest BCUT2D eigenvalue weighted by Gasteiger charge is -2.14. The molecule has 3 heteroatoms. The van der Waals surface area contributed by atoms with Gasteiger partial charge in [-0.3, -0.25) is 0 Å². The van der Waals surface area contributed by atoms with Gasteiger partial charge in [-0.15, -0.1) is 0 Å². The van der Waals surface area contributed by atoms with Crippen LogP contribution in [0.15, 0.2) is 173 Å². The van der Waals surface area contributed by atoms with Crippen LogP contribution >= 0.6 is 0 Å². The van der Waals surface area contributed by atoms with E-state index in [0.29, 0.717) is 11.0 Å². The topological polar surface area (TPSA) is 35.1 Å². The van der Waals surface area contributed by atoms with Crippen molar-refractivity contribution in [1.29, 1.82) is 0 Å². The minimum absolute atomic E-state index is 0.338. The number of fused-ring (bicyclic) bond motifs is 6. The van der Waals surface area contributed by atoms with Crippen LogP contribution in [0.5, 0.6) is 0 Å². The maximum absolute atomic E-state index is 14.0. The largest absolute Gasteiger partial charge is 0.422 e. The molecule has 0 aliphatic heterocycles. The Balaban J connectivity index is 1.32. The van der Waals surface area contributed by atoms with Gasteiger partial charge in [-0.05, 0) is 70.3 Å². The Morgan fingerprint density at radius 3 is 1.83 bits per heavy atom. The van der Waals surface area contributed by atoms with Crippen molar-refractivity contribution in [3.8, 4) is 39.1 Å². The maximum atomic E-state index is 14.0. The van der Waals surface area contributed by atoms with Crippen LogP contribution in [0.1, 0.15) is 0 Å². The standard InChI is InChI=1S/C43H27NO2/c45-43-41-36(29-15-6-2-7-16-29)26-31(28-13-4-1-5-14-28)27-38(41)35-21-12-20-33(42(35)46-43)30-23-24-40-37(25-30)34-19-10-11-22-39(34)44(40)32-17-8-3-9-18-32/h1-27H. The first-order valence-corrected chi connectivity index (χ1v) is 15.5. The van der Waals surface area contributed by atoms with Gasteiger partial charge in [0.05, 0.1) is 16.4 Å². The van der Waals surface area contributed by atoms with Crippen molar-refractivity contribution < 1.29 is 4.42 Å². The fourth-order valence-corrected chi connectivity index (χ4v) is 6.94. The second-order valence-electron chi connectivity index (χ2n) is 11.7. The highest BCUT2D eigenvalue weighted by atomic mass is 16.4. The van der Waals surface area contributed by atoms with Gasteiger partial charge in [-0.2, -0.15) is 0 Å². The zero-order valence-electron chi connectivity index (χ0n) is 24.9. The Morgan fingerprint density at radius 1 is 0.413 bits per heavy atom. The number of benzene rings is 7. The summed E-state index contributed by atoms with van der Waals surface area (Å²) in [6.45, 7) is 0. The second kappa shape index (κ2) is 10.5. The molecule has 0 aliphatic rings. The number of hydrogen-bond donors (Lipinski definition) is 0. The fraction of sp³-hybridized carbons (Fsp3) is 0. The molecule has 0 aliphatic carbocycles. The van der Waals surface area contributed by atoms with E-state index in [-0.39, 0.29) is 5.63 Å². The molecule has 0 N–H and O–H groups in total. The molecule has 0 saturated heterocycles. The molecule has 46 heavy (non-hydrogen) atoms. The maximum Gasteiger partial charge on any atom is 0.344 e. The van der Waals surface area contributed by atoms with Crippen molar-refractivity contribution in [2.24, 2.45) is 0 Å². The molecular weight excluding hydrogens is 562 g/mol. The average molecular weight is 590 g/mol. The van der Waals surface area contributed by atoms with E-state index in [1.807, 2.05) is 60.7 Å². The van der Waals surface area contributed by atoms with Gasteiger partial charge >= 0.3 is 5.63 Å². The summed E-state index contributed by atoms with van der Waals surface area (Å²) in [5.74, 6) is 0. The van der Waals surface area contributed by atoms with Gasteiger partial charge in [0, 0.05) is 32.8 Å². The van der Waals surface area contributed by atoms with E-state index in [1.54, 1.807) is 0 Å². The van der Waals surface area contributed by atoms with Crippen LogP contribution in [0, 0.1) is 0 Å². The van der Waals surface area contributed by atoms with E-state index in [4.69, 9.17) is 4.42 Å². The lowest BCUT2D eigenvalue weighted by Crippen LogP contribution is -2.03. The highest BCUT2D eigenvalue weighted by molar-refractivity contribution is 6.15. The summed E-state index contributed by atoms with van der Waals surface area (Å²) in [4.78, 5) is 14.0. The van der Waals surface area contributed by atoms with Crippen molar-refractivity contribution in [3.63, 3.8) is 0 Å². The van der Waals surface area contributed by atoms with E-state index in [1.165, 1.54) is 5.39 Å². The van der Waals surface area contributed by atoms with Gasteiger partial charge in [0.1, 0.15) is 5.58 Å². The monoisotopic (exact) mass is 589 g/mol. The summed E-state index contributed by atoms with van der Waals surface area (Å²) < 4.78 is 8.59. The first-order chi connectivity index (χ1) is 22.7. The third-order valence-corrected chi connectivity index (χ3v) is 9.03. The molecule has 7 aromatic carbocycles. The molecule has 9 rings (SSSR count). The highest BCUT2D eigenvalue weighted by Gasteiger charge is 2.19. The first kappa shape index (κ1) is 26.2. The van der Waals surface area contributed by atoms with Crippen molar-refractivity contribution in [1.82, 2.24) is 4.57 Å². The van der Waals surface area contributed by atoms with E-state index in [2.05, 4.69) is 108 Å². The van der Waals surface area contributed by atoms with Crippen LogP contribution in [-0.4, -0.2) is 4.57 Å². The Bertz CT molecular complexity index is 2630. The van der Waals surface area contributed by atoms with Gasteiger partial charge in [0.15, 0.2) is 0 Å². The number of nitrogens with zero attached hydrogens (tertiary/aromatic N) is 1. The third-order valence-electron chi connectivity index (χ3n) is 9.03. The van der Waals surface area contributed by atoms with Gasteiger partial charge in [0.25, 0.3) is 0 Å². The molecular formula is C43H27NO2. The average Bonchev–Trinajstić information content (AvgIpc) is 3.46. The van der Waals surface area contributed by atoms with E-state index in [0.717, 1.165) is 66.3 Å². The predicted octanol–water partition coefficient (Wildman–Crippen LogP) is 11.0. The lowest BCUT2D eigenvalue weighted by molar-refractivity contribution is 0.571. The Hall–Kier alpha value is -6.19. The van der Waals surface area contributed by atoms with Crippen LogP contribution < -0.4 is 5.63 Å². The number of para-hydroxylation sites is 3. The molecule has 0 bridgehead atoms. The Kier molecular flexibility index (Phi) is 5.97. The molecule has 2 aromatic heterocycles. The molecule has 0 unspecified atom stereocenters. The summed E-state index contributed by atoms with van der Waals surface area (Å²) in [7, 11) is 0. The minimum atomic E-state index is -0.338. The van der Waals surface area contributed by atoms with Crippen molar-refractivity contribution >= 4 is 43.5 Å². The lowest BCUT2D eigenvalue weighted by atomic mass is 9.91. The second-order valence-corrected chi connectivity index (χ2v) is 11.7. The molecule has 9 aromatic rings. The van der Waals surface area contributed by atoms with Crippen molar-refractivity contribution in [2.45, 2.75) is 0 Å². The fourth-order valence-electron chi connectivity index (χ4n) is 6.94. The zero-order valence-corrected chi connectivity index (χ0v) is 24.9. The number of rotatable bonds is 4. The SMILES string of the molecule is O=c1oc2c(-c3ccc4c(c3)c3ccccc3n4-c3ccccc3)cccc2c2cc(-c3ccccc3)cc(-c3ccccc3)c12. The molecule has 0 spiro atoms. The van der Waals surface area contributed by atoms with Gasteiger partial charge in [-0.25, -0.2) is 4.79 Å². The van der Waals surface area contributed by atoms with Crippen LogP contribution in [0.2, 0.25) is 0 Å².